The van der Waals surface area contributed by atoms with Gasteiger partial charge in [-0.2, -0.15) is 0 Å². The van der Waals surface area contributed by atoms with Crippen molar-refractivity contribution in [3.8, 4) is 11.5 Å². The number of non-ortho nitro benzene ring substituents is 1. The second-order valence-corrected chi connectivity index (χ2v) is 7.55. The molecule has 0 aliphatic carbocycles. The fourth-order valence-electron chi connectivity index (χ4n) is 3.67. The lowest BCUT2D eigenvalue weighted by atomic mass is 10.1. The molecule has 1 fully saturated rings. The van der Waals surface area contributed by atoms with Crippen molar-refractivity contribution in [2.45, 2.75) is 20.0 Å². The molecular formula is C23H31N5O4. The summed E-state index contributed by atoms with van der Waals surface area (Å²) in [7, 11) is 3.29. The van der Waals surface area contributed by atoms with Crippen LogP contribution in [-0.2, 0) is 13.1 Å². The van der Waals surface area contributed by atoms with Crippen LogP contribution in [0, 0.1) is 10.1 Å². The lowest BCUT2D eigenvalue weighted by Crippen LogP contribution is -2.52. The number of aliphatic imine (C=N–C) groups is 1. The molecular weight excluding hydrogens is 410 g/mol. The molecule has 0 aromatic heterocycles. The standard InChI is InChI=1S/C23H31N5O4/c1-4-24-23(25-16-18-5-8-20(9-6-18)28(29)30)27-13-11-26(12-14-27)17-19-7-10-21(31-2)22(15-19)32-3/h5-10,15H,4,11-14,16-17H2,1-3H3,(H,24,25). The molecule has 0 radical (unpaired) electrons. The highest BCUT2D eigenvalue weighted by Gasteiger charge is 2.20. The number of nitrogens with zero attached hydrogens (tertiary/aromatic N) is 4. The molecule has 32 heavy (non-hydrogen) atoms. The average Bonchev–Trinajstić information content (AvgIpc) is 2.82. The van der Waals surface area contributed by atoms with Gasteiger partial charge < -0.3 is 19.7 Å². The van der Waals surface area contributed by atoms with Crippen LogP contribution in [0.25, 0.3) is 0 Å². The second-order valence-electron chi connectivity index (χ2n) is 7.55. The quantitative estimate of drug-likeness (QED) is 0.291. The predicted octanol–water partition coefficient (Wildman–Crippen LogP) is 2.90. The molecule has 1 heterocycles. The van der Waals surface area contributed by atoms with Crippen molar-refractivity contribution in [2.75, 3.05) is 46.9 Å². The van der Waals surface area contributed by atoms with E-state index in [-0.39, 0.29) is 5.69 Å². The van der Waals surface area contributed by atoms with E-state index in [0.717, 1.165) is 62.3 Å². The first-order valence-corrected chi connectivity index (χ1v) is 10.7. The Hall–Kier alpha value is -3.33. The summed E-state index contributed by atoms with van der Waals surface area (Å²) in [5.74, 6) is 2.36. The number of nitrogens with one attached hydrogen (secondary N) is 1. The van der Waals surface area contributed by atoms with E-state index in [2.05, 4.69) is 28.1 Å². The summed E-state index contributed by atoms with van der Waals surface area (Å²) in [6.45, 7) is 7.77. The third-order valence-electron chi connectivity index (χ3n) is 5.42. The zero-order chi connectivity index (χ0) is 22.9. The van der Waals surface area contributed by atoms with Crippen LogP contribution < -0.4 is 14.8 Å². The summed E-state index contributed by atoms with van der Waals surface area (Å²) in [4.78, 5) is 19.9. The number of methoxy groups -OCH3 is 2. The molecule has 3 rings (SSSR count). The van der Waals surface area contributed by atoms with Crippen LogP contribution in [0.5, 0.6) is 11.5 Å². The van der Waals surface area contributed by atoms with Gasteiger partial charge in [0, 0.05) is 51.4 Å². The zero-order valence-corrected chi connectivity index (χ0v) is 18.9. The molecule has 2 aromatic carbocycles. The minimum Gasteiger partial charge on any atom is -0.493 e. The summed E-state index contributed by atoms with van der Waals surface area (Å²) in [5, 5.41) is 14.2. The molecule has 0 spiro atoms. The van der Waals surface area contributed by atoms with Gasteiger partial charge in [0.05, 0.1) is 25.7 Å². The average molecular weight is 442 g/mol. The van der Waals surface area contributed by atoms with Gasteiger partial charge >= 0.3 is 0 Å². The Labute approximate surface area is 188 Å². The van der Waals surface area contributed by atoms with E-state index in [4.69, 9.17) is 14.5 Å². The molecule has 0 unspecified atom stereocenters. The second kappa shape index (κ2) is 11.3. The lowest BCUT2D eigenvalue weighted by molar-refractivity contribution is -0.384. The highest BCUT2D eigenvalue weighted by Crippen LogP contribution is 2.28. The third-order valence-corrected chi connectivity index (χ3v) is 5.42. The topological polar surface area (TPSA) is 92.5 Å². The van der Waals surface area contributed by atoms with Crippen molar-refractivity contribution in [3.05, 3.63) is 63.7 Å². The molecule has 1 aliphatic heterocycles. The van der Waals surface area contributed by atoms with E-state index in [1.54, 1.807) is 26.4 Å². The largest absolute Gasteiger partial charge is 0.493 e. The van der Waals surface area contributed by atoms with Gasteiger partial charge in [0.1, 0.15) is 0 Å². The van der Waals surface area contributed by atoms with Crippen LogP contribution >= 0.6 is 0 Å². The van der Waals surface area contributed by atoms with E-state index in [0.29, 0.717) is 6.54 Å². The minimum atomic E-state index is -0.390. The number of hydrogen-bond acceptors (Lipinski definition) is 6. The van der Waals surface area contributed by atoms with Crippen molar-refractivity contribution < 1.29 is 14.4 Å². The van der Waals surface area contributed by atoms with Crippen molar-refractivity contribution in [2.24, 2.45) is 4.99 Å². The predicted molar refractivity (Wildman–Crippen MR) is 124 cm³/mol. The Kier molecular flexibility index (Phi) is 8.27. The first-order valence-electron chi connectivity index (χ1n) is 10.7. The Morgan fingerprint density at radius 1 is 1.03 bits per heavy atom. The molecule has 1 saturated heterocycles. The van der Waals surface area contributed by atoms with Gasteiger partial charge in [-0.05, 0) is 30.2 Å². The lowest BCUT2D eigenvalue weighted by Gasteiger charge is -2.36. The molecule has 1 aliphatic rings. The van der Waals surface area contributed by atoms with Gasteiger partial charge in [-0.3, -0.25) is 15.0 Å². The fourth-order valence-corrected chi connectivity index (χ4v) is 3.67. The van der Waals surface area contributed by atoms with E-state index in [1.165, 1.54) is 17.7 Å². The maximum atomic E-state index is 10.8. The number of hydrogen-bond donors (Lipinski definition) is 1. The van der Waals surface area contributed by atoms with Crippen LogP contribution in [0.2, 0.25) is 0 Å². The molecule has 2 aromatic rings. The Morgan fingerprint density at radius 3 is 2.28 bits per heavy atom. The van der Waals surface area contributed by atoms with Gasteiger partial charge in [0.25, 0.3) is 5.69 Å². The van der Waals surface area contributed by atoms with Gasteiger partial charge in [-0.25, -0.2) is 4.99 Å². The van der Waals surface area contributed by atoms with Gasteiger partial charge in [0.2, 0.25) is 0 Å². The SMILES string of the molecule is CCNC(=NCc1ccc([N+](=O)[O-])cc1)N1CCN(Cc2ccc(OC)c(OC)c2)CC1. The van der Waals surface area contributed by atoms with Crippen LogP contribution in [-0.4, -0.2) is 67.6 Å². The number of nitro benzene ring substituents is 1. The smallest absolute Gasteiger partial charge is 0.269 e. The summed E-state index contributed by atoms with van der Waals surface area (Å²) in [5.41, 5.74) is 2.23. The van der Waals surface area contributed by atoms with Crippen molar-refractivity contribution >= 4 is 11.6 Å². The Balaban J connectivity index is 1.57. The van der Waals surface area contributed by atoms with Crippen molar-refractivity contribution in [1.29, 1.82) is 0 Å². The number of rotatable bonds is 8. The molecule has 0 amide bonds. The first kappa shape index (κ1) is 23.3. The molecule has 0 atom stereocenters. The summed E-state index contributed by atoms with van der Waals surface area (Å²) < 4.78 is 10.7. The number of piperazine rings is 1. The van der Waals surface area contributed by atoms with Crippen LogP contribution in [0.4, 0.5) is 5.69 Å². The maximum absolute atomic E-state index is 10.8. The molecule has 0 bridgehead atoms. The highest BCUT2D eigenvalue weighted by atomic mass is 16.6. The van der Waals surface area contributed by atoms with E-state index < -0.39 is 4.92 Å². The summed E-state index contributed by atoms with van der Waals surface area (Å²) in [6, 6.07) is 12.6. The summed E-state index contributed by atoms with van der Waals surface area (Å²) >= 11 is 0. The fraction of sp³-hybridized carbons (Fsp3) is 0.435. The van der Waals surface area contributed by atoms with E-state index in [9.17, 15) is 10.1 Å². The molecule has 0 saturated carbocycles. The van der Waals surface area contributed by atoms with E-state index in [1.807, 2.05) is 12.1 Å². The molecule has 9 heteroatoms. The number of nitro groups is 1. The van der Waals surface area contributed by atoms with Crippen LogP contribution in [0.15, 0.2) is 47.5 Å². The number of guanidine groups is 1. The first-order chi connectivity index (χ1) is 15.5. The Bertz CT molecular complexity index is 924. The molecule has 172 valence electrons. The zero-order valence-electron chi connectivity index (χ0n) is 18.9. The van der Waals surface area contributed by atoms with Crippen LogP contribution in [0.3, 0.4) is 0 Å². The number of ether oxygens (including phenoxy) is 2. The third kappa shape index (κ3) is 6.10. The van der Waals surface area contributed by atoms with Crippen molar-refractivity contribution in [1.82, 2.24) is 15.1 Å². The van der Waals surface area contributed by atoms with Gasteiger partial charge in [0.15, 0.2) is 17.5 Å². The molecule has 1 N–H and O–H groups in total. The van der Waals surface area contributed by atoms with Crippen molar-refractivity contribution in [3.63, 3.8) is 0 Å². The van der Waals surface area contributed by atoms with E-state index >= 15 is 0 Å². The summed E-state index contributed by atoms with van der Waals surface area (Å²) in [6.07, 6.45) is 0. The van der Waals surface area contributed by atoms with Gasteiger partial charge in [-0.15, -0.1) is 0 Å². The minimum absolute atomic E-state index is 0.0928. The molecule has 9 nitrogen and oxygen atoms in total. The Morgan fingerprint density at radius 2 is 1.69 bits per heavy atom. The highest BCUT2D eigenvalue weighted by molar-refractivity contribution is 5.80. The van der Waals surface area contributed by atoms with Crippen LogP contribution in [0.1, 0.15) is 18.1 Å². The monoisotopic (exact) mass is 441 g/mol. The van der Waals surface area contributed by atoms with Gasteiger partial charge in [-0.1, -0.05) is 18.2 Å². The normalized spacial score (nSPS) is 14.8. The number of benzene rings is 2. The maximum Gasteiger partial charge on any atom is 0.269 e.